The molecule has 4 aromatic rings. The summed E-state index contributed by atoms with van der Waals surface area (Å²) in [5.41, 5.74) is 13.6. The van der Waals surface area contributed by atoms with Gasteiger partial charge in [0.2, 0.25) is 0 Å². The number of hydrogen-bond donors (Lipinski definition) is 2. The number of fused-ring (bicyclic) bond motifs is 1. The zero-order valence-electron chi connectivity index (χ0n) is 23.6. The number of nitrogen functional groups attached to an aromatic ring is 1. The Kier molecular flexibility index (Phi) is 7.50. The molecule has 0 saturated carbocycles. The second-order valence-corrected chi connectivity index (χ2v) is 11.2. The number of nitrogens with zero attached hydrogens (tertiary/aromatic N) is 5. The molecule has 1 aromatic carbocycles. The normalized spacial score (nSPS) is 18.2. The highest BCUT2D eigenvalue weighted by Crippen LogP contribution is 2.40. The number of piperidine rings is 2. The number of hydrogen-bond acceptors (Lipinski definition) is 6. The molecule has 40 heavy (non-hydrogen) atoms. The first kappa shape index (κ1) is 26.4. The minimum absolute atomic E-state index is 0.454. The SMILES string of the molecule is C/C=C\C(=C/C)c1ccc2nc(-c3cccnc3N)n(-c3ccc(CN4CCC5(CCNCC5)CC4)cc3)c2n1. The Labute approximate surface area is 236 Å². The van der Waals surface area contributed by atoms with Crippen molar-refractivity contribution in [2.24, 2.45) is 5.41 Å². The van der Waals surface area contributed by atoms with Crippen LogP contribution >= 0.6 is 0 Å². The molecule has 6 rings (SSSR count). The van der Waals surface area contributed by atoms with Crippen molar-refractivity contribution < 1.29 is 0 Å². The molecule has 5 heterocycles. The fourth-order valence-corrected chi connectivity index (χ4v) is 6.31. The van der Waals surface area contributed by atoms with Gasteiger partial charge in [0.05, 0.1) is 11.3 Å². The van der Waals surface area contributed by atoms with Crippen molar-refractivity contribution in [3.05, 3.63) is 84.2 Å². The third kappa shape index (κ3) is 5.19. The number of allylic oxidation sites excluding steroid dienone is 4. The number of nitrogens with two attached hydrogens (primary N) is 1. The van der Waals surface area contributed by atoms with E-state index in [1.54, 1.807) is 6.20 Å². The lowest BCUT2D eigenvalue weighted by atomic mass is 9.71. The number of imidazole rings is 1. The summed E-state index contributed by atoms with van der Waals surface area (Å²) >= 11 is 0. The zero-order valence-corrected chi connectivity index (χ0v) is 23.6. The van der Waals surface area contributed by atoms with Crippen molar-refractivity contribution in [1.29, 1.82) is 0 Å². The summed E-state index contributed by atoms with van der Waals surface area (Å²) in [5.74, 6) is 1.20. The predicted molar refractivity (Wildman–Crippen MR) is 164 cm³/mol. The molecule has 3 N–H and O–H groups in total. The Morgan fingerprint density at radius 2 is 1.75 bits per heavy atom. The van der Waals surface area contributed by atoms with Gasteiger partial charge in [-0.3, -0.25) is 9.47 Å². The van der Waals surface area contributed by atoms with Crippen LogP contribution in [-0.2, 0) is 6.54 Å². The summed E-state index contributed by atoms with van der Waals surface area (Å²) < 4.78 is 2.11. The number of nitrogens with one attached hydrogen (secondary N) is 1. The molecular weight excluding hydrogens is 494 g/mol. The van der Waals surface area contributed by atoms with Crippen molar-refractivity contribution in [3.8, 4) is 17.1 Å². The molecule has 2 saturated heterocycles. The maximum atomic E-state index is 6.33. The molecule has 0 aliphatic carbocycles. The summed E-state index contributed by atoms with van der Waals surface area (Å²) in [6, 6.07) is 16.8. The summed E-state index contributed by atoms with van der Waals surface area (Å²) in [4.78, 5) is 17.0. The lowest BCUT2D eigenvalue weighted by Gasteiger charge is -2.44. The molecule has 0 bridgehead atoms. The third-order valence-corrected chi connectivity index (χ3v) is 8.72. The first-order valence-electron chi connectivity index (χ1n) is 14.5. The Hall–Kier alpha value is -3.81. The number of likely N-dealkylation sites (tertiary alicyclic amines) is 1. The Morgan fingerprint density at radius 1 is 0.975 bits per heavy atom. The topological polar surface area (TPSA) is 84.9 Å². The Morgan fingerprint density at radius 3 is 2.45 bits per heavy atom. The number of aromatic nitrogens is 4. The molecule has 1 spiro atoms. The van der Waals surface area contributed by atoms with Crippen LogP contribution in [0.1, 0.15) is 50.8 Å². The number of benzene rings is 1. The first-order chi connectivity index (χ1) is 19.6. The summed E-state index contributed by atoms with van der Waals surface area (Å²) in [5, 5.41) is 3.53. The maximum absolute atomic E-state index is 6.33. The van der Waals surface area contributed by atoms with Crippen molar-refractivity contribution in [3.63, 3.8) is 0 Å². The van der Waals surface area contributed by atoms with E-state index in [4.69, 9.17) is 15.7 Å². The molecule has 206 valence electrons. The second-order valence-electron chi connectivity index (χ2n) is 11.2. The van der Waals surface area contributed by atoms with Gasteiger partial charge in [-0.25, -0.2) is 15.0 Å². The molecule has 2 fully saturated rings. The quantitative estimate of drug-likeness (QED) is 0.295. The Bertz CT molecular complexity index is 1530. The maximum Gasteiger partial charge on any atom is 0.165 e. The molecular formula is C33H39N7. The molecule has 3 aromatic heterocycles. The van der Waals surface area contributed by atoms with E-state index in [9.17, 15) is 0 Å². The minimum atomic E-state index is 0.454. The van der Waals surface area contributed by atoms with Crippen LogP contribution in [0.5, 0.6) is 0 Å². The van der Waals surface area contributed by atoms with Gasteiger partial charge in [0.15, 0.2) is 11.5 Å². The number of rotatable bonds is 6. The van der Waals surface area contributed by atoms with Gasteiger partial charge in [-0.05, 0) is 119 Å². The van der Waals surface area contributed by atoms with E-state index in [1.165, 1.54) is 57.4 Å². The van der Waals surface area contributed by atoms with E-state index < -0.39 is 0 Å². The fraction of sp³-hybridized carbons (Fsp3) is 0.364. The number of pyridine rings is 2. The summed E-state index contributed by atoms with van der Waals surface area (Å²) in [7, 11) is 0. The van der Waals surface area contributed by atoms with Crippen molar-refractivity contribution in [2.45, 2.75) is 46.1 Å². The van der Waals surface area contributed by atoms with Gasteiger partial charge in [0.25, 0.3) is 0 Å². The molecule has 2 aliphatic rings. The van der Waals surface area contributed by atoms with Gasteiger partial charge in [-0.15, -0.1) is 0 Å². The van der Waals surface area contributed by atoms with Gasteiger partial charge in [-0.1, -0.05) is 30.4 Å². The van der Waals surface area contributed by atoms with Gasteiger partial charge < -0.3 is 11.1 Å². The molecule has 0 radical (unpaired) electrons. The largest absolute Gasteiger partial charge is 0.383 e. The van der Waals surface area contributed by atoms with Crippen molar-refractivity contribution >= 4 is 22.6 Å². The third-order valence-electron chi connectivity index (χ3n) is 8.72. The van der Waals surface area contributed by atoms with E-state index in [-0.39, 0.29) is 0 Å². The summed E-state index contributed by atoms with van der Waals surface area (Å²) in [6.45, 7) is 9.77. The van der Waals surface area contributed by atoms with Crippen molar-refractivity contribution in [1.82, 2.24) is 29.7 Å². The van der Waals surface area contributed by atoms with Crippen LogP contribution < -0.4 is 11.1 Å². The fourth-order valence-electron chi connectivity index (χ4n) is 6.31. The second kappa shape index (κ2) is 11.4. The van der Waals surface area contributed by atoms with E-state index in [0.717, 1.165) is 46.1 Å². The summed E-state index contributed by atoms with van der Waals surface area (Å²) in [6.07, 6.45) is 13.2. The lowest BCUT2D eigenvalue weighted by Crippen LogP contribution is -2.45. The molecule has 7 nitrogen and oxygen atoms in total. The predicted octanol–water partition coefficient (Wildman–Crippen LogP) is 6.01. The van der Waals surface area contributed by atoms with Crippen LogP contribution in [0.2, 0.25) is 0 Å². The standard InChI is InChI=1S/C33H39N7/c1-3-6-25(4-2)28-12-13-29-32(37-28)40(31(38-29)27-7-5-18-36-30(27)34)26-10-8-24(9-11-26)23-39-21-16-33(17-22-39)14-19-35-20-15-33/h3-13,18,35H,14-17,19-23H2,1-2H3,(H2,34,36)/b6-3-,25-4+. The van der Waals surface area contributed by atoms with Gasteiger partial charge >= 0.3 is 0 Å². The molecule has 0 unspecified atom stereocenters. The van der Waals surface area contributed by atoms with Crippen LogP contribution in [0.25, 0.3) is 33.8 Å². The van der Waals surface area contributed by atoms with Gasteiger partial charge in [0, 0.05) is 18.4 Å². The average molecular weight is 534 g/mol. The molecule has 2 aliphatic heterocycles. The van der Waals surface area contributed by atoms with Crippen LogP contribution in [0.4, 0.5) is 5.82 Å². The molecule has 0 atom stereocenters. The first-order valence-corrected chi connectivity index (χ1v) is 14.5. The highest BCUT2D eigenvalue weighted by molar-refractivity contribution is 5.85. The van der Waals surface area contributed by atoms with E-state index in [0.29, 0.717) is 11.2 Å². The minimum Gasteiger partial charge on any atom is -0.383 e. The smallest absolute Gasteiger partial charge is 0.165 e. The van der Waals surface area contributed by atoms with E-state index >= 15 is 0 Å². The monoisotopic (exact) mass is 533 g/mol. The lowest BCUT2D eigenvalue weighted by molar-refractivity contribution is 0.0701. The molecule has 7 heteroatoms. The number of anilines is 1. The van der Waals surface area contributed by atoms with Crippen LogP contribution in [0.15, 0.2) is 73.0 Å². The van der Waals surface area contributed by atoms with E-state index in [1.807, 2.05) is 44.2 Å². The highest BCUT2D eigenvalue weighted by atomic mass is 15.1. The van der Waals surface area contributed by atoms with Gasteiger partial charge in [-0.2, -0.15) is 0 Å². The van der Waals surface area contributed by atoms with Crippen LogP contribution in [-0.4, -0.2) is 50.6 Å². The van der Waals surface area contributed by atoms with Crippen molar-refractivity contribution in [2.75, 3.05) is 31.9 Å². The highest BCUT2D eigenvalue weighted by Gasteiger charge is 2.35. The van der Waals surface area contributed by atoms with Crippen LogP contribution in [0.3, 0.4) is 0 Å². The molecule has 0 amide bonds. The van der Waals surface area contributed by atoms with E-state index in [2.05, 4.69) is 56.2 Å². The van der Waals surface area contributed by atoms with Gasteiger partial charge in [0.1, 0.15) is 11.3 Å². The Balaban J connectivity index is 1.32. The zero-order chi connectivity index (χ0) is 27.5. The van der Waals surface area contributed by atoms with Crippen LogP contribution in [0, 0.1) is 5.41 Å². The average Bonchev–Trinajstić information content (AvgIpc) is 3.37.